The van der Waals surface area contributed by atoms with Gasteiger partial charge in [0.2, 0.25) is 11.5 Å². The lowest BCUT2D eigenvalue weighted by molar-refractivity contribution is -0.177. The number of benzene rings is 1. The second kappa shape index (κ2) is 11.2. The number of ether oxygens (including phenoxy) is 3. The fourth-order valence-corrected chi connectivity index (χ4v) is 4.11. The van der Waals surface area contributed by atoms with Crippen molar-refractivity contribution in [3.05, 3.63) is 29.7 Å². The summed E-state index contributed by atoms with van der Waals surface area (Å²) in [5, 5.41) is 9.29. The van der Waals surface area contributed by atoms with Gasteiger partial charge in [-0.25, -0.2) is 14.6 Å². The summed E-state index contributed by atoms with van der Waals surface area (Å²) in [4.78, 5) is 43.4. The number of carbonyl (C=O) groups excluding carboxylic acids is 2. The van der Waals surface area contributed by atoms with Crippen LogP contribution in [0.15, 0.2) is 22.6 Å². The molecule has 0 radical (unpaired) electrons. The van der Waals surface area contributed by atoms with Crippen molar-refractivity contribution < 1.29 is 46.9 Å². The maximum atomic E-state index is 13.6. The number of carbonyl (C=O) groups is 3. The molecule has 2 atom stereocenters. The van der Waals surface area contributed by atoms with Crippen LogP contribution in [0.3, 0.4) is 0 Å². The van der Waals surface area contributed by atoms with Crippen LogP contribution in [0.1, 0.15) is 68.7 Å². The Labute approximate surface area is 223 Å². The van der Waals surface area contributed by atoms with Crippen LogP contribution in [0.25, 0.3) is 11.5 Å². The molecule has 0 unspecified atom stereocenters. The molecule has 0 spiro atoms. The fourth-order valence-electron chi connectivity index (χ4n) is 4.11. The summed E-state index contributed by atoms with van der Waals surface area (Å²) in [5.41, 5.74) is 4.51. The van der Waals surface area contributed by atoms with Crippen LogP contribution >= 0.6 is 0 Å². The van der Waals surface area contributed by atoms with Crippen LogP contribution in [0, 0.1) is 5.92 Å². The molecule has 2 fully saturated rings. The number of carboxylic acids is 1. The van der Waals surface area contributed by atoms with E-state index in [1.807, 2.05) is 0 Å². The van der Waals surface area contributed by atoms with E-state index in [0.717, 1.165) is 12.8 Å². The quantitative estimate of drug-likeness (QED) is 0.395. The first-order valence-corrected chi connectivity index (χ1v) is 12.6. The lowest BCUT2D eigenvalue weighted by atomic mass is 10.1. The van der Waals surface area contributed by atoms with Crippen molar-refractivity contribution >= 4 is 17.8 Å². The monoisotopic (exact) mass is 551 g/mol. The molecular weight excluding hydrogens is 520 g/mol. The molecule has 11 nitrogen and oxygen atoms in total. The van der Waals surface area contributed by atoms with E-state index in [2.05, 4.69) is 9.72 Å². The Morgan fingerprint density at radius 1 is 1.23 bits per heavy atom. The number of oxazole rings is 1. The molecule has 1 amide bonds. The Morgan fingerprint density at radius 2 is 1.95 bits per heavy atom. The molecule has 3 N–H and O–H groups in total. The standard InChI is InChI=1S/C26H31F2N3O8/c1-13(29)20-19(22(32)31-10-4-5-16(31)23(33)39-26(2,3)24(34)35)30-21(38-20)15-8-9-17(37-25(27)28)18(11-15)36-12-14-6-7-14/h8-9,11,13-14,16,25H,4-7,10,12,29H2,1-3H3,(H,34,35)/t13-,16-/m0/s1. The topological polar surface area (TPSA) is 154 Å². The predicted octanol–water partition coefficient (Wildman–Crippen LogP) is 3.76. The Hall–Kier alpha value is -3.74. The lowest BCUT2D eigenvalue weighted by Crippen LogP contribution is -2.46. The van der Waals surface area contributed by atoms with E-state index < -0.39 is 42.1 Å². The van der Waals surface area contributed by atoms with Crippen molar-refractivity contribution in [1.82, 2.24) is 9.88 Å². The van der Waals surface area contributed by atoms with Gasteiger partial charge in [-0.15, -0.1) is 0 Å². The number of alkyl halides is 2. The lowest BCUT2D eigenvalue weighted by Gasteiger charge is -2.27. The summed E-state index contributed by atoms with van der Waals surface area (Å²) in [7, 11) is 0. The smallest absolute Gasteiger partial charge is 0.387 e. The molecule has 1 saturated heterocycles. The van der Waals surface area contributed by atoms with Crippen molar-refractivity contribution in [2.75, 3.05) is 13.2 Å². The SMILES string of the molecule is C[C@H](N)c1oc(-c2ccc(OC(F)F)c(OCC3CC3)c2)nc1C(=O)N1CCC[C@H]1C(=O)OC(C)(C)C(=O)O. The Balaban J connectivity index is 1.62. The highest BCUT2D eigenvalue weighted by Crippen LogP contribution is 2.37. The van der Waals surface area contributed by atoms with Crippen molar-refractivity contribution in [2.45, 2.75) is 70.8 Å². The molecule has 1 aromatic heterocycles. The number of hydrogen-bond acceptors (Lipinski definition) is 9. The number of halogens is 2. The Bertz CT molecular complexity index is 1240. The van der Waals surface area contributed by atoms with E-state index in [0.29, 0.717) is 24.5 Å². The minimum Gasteiger partial charge on any atom is -0.489 e. The van der Waals surface area contributed by atoms with Gasteiger partial charge in [0.05, 0.1) is 12.6 Å². The van der Waals surface area contributed by atoms with E-state index in [1.54, 1.807) is 6.92 Å². The van der Waals surface area contributed by atoms with Gasteiger partial charge in [0.1, 0.15) is 6.04 Å². The number of esters is 1. The zero-order valence-electron chi connectivity index (χ0n) is 21.8. The molecule has 0 bridgehead atoms. The third-order valence-corrected chi connectivity index (χ3v) is 6.50. The third kappa shape index (κ3) is 6.47. The van der Waals surface area contributed by atoms with E-state index in [9.17, 15) is 28.3 Å². The second-order valence-electron chi connectivity index (χ2n) is 10.2. The van der Waals surface area contributed by atoms with E-state index in [-0.39, 0.29) is 41.8 Å². The molecule has 1 aromatic carbocycles. The first kappa shape index (κ1) is 28.3. The molecule has 4 rings (SSSR count). The minimum absolute atomic E-state index is 0.00384. The molecular formula is C26H31F2N3O8. The fraction of sp³-hybridized carbons (Fsp3) is 0.538. The van der Waals surface area contributed by atoms with Gasteiger partial charge in [0, 0.05) is 12.1 Å². The number of likely N-dealkylation sites (tertiary alicyclic amines) is 1. The number of rotatable bonds is 11. The summed E-state index contributed by atoms with van der Waals surface area (Å²) < 4.78 is 47.1. The Morgan fingerprint density at radius 3 is 2.56 bits per heavy atom. The molecule has 39 heavy (non-hydrogen) atoms. The average Bonchev–Trinajstić information content (AvgIpc) is 3.36. The Kier molecular flexibility index (Phi) is 8.09. The molecule has 1 aliphatic heterocycles. The highest BCUT2D eigenvalue weighted by atomic mass is 19.3. The normalized spacial score (nSPS) is 18.2. The number of hydrogen-bond donors (Lipinski definition) is 2. The van der Waals surface area contributed by atoms with Crippen molar-refractivity contribution in [1.29, 1.82) is 0 Å². The summed E-state index contributed by atoms with van der Waals surface area (Å²) in [6.45, 7) is 1.59. The van der Waals surface area contributed by atoms with Gasteiger partial charge < -0.3 is 34.4 Å². The maximum Gasteiger partial charge on any atom is 0.387 e. The highest BCUT2D eigenvalue weighted by Gasteiger charge is 2.42. The van der Waals surface area contributed by atoms with Gasteiger partial charge in [-0.1, -0.05) is 0 Å². The maximum absolute atomic E-state index is 13.6. The van der Waals surface area contributed by atoms with Gasteiger partial charge in [-0.05, 0) is 70.6 Å². The number of nitrogens with two attached hydrogens (primary N) is 1. The molecule has 1 aliphatic carbocycles. The van der Waals surface area contributed by atoms with Crippen LogP contribution in [0.5, 0.6) is 11.5 Å². The highest BCUT2D eigenvalue weighted by molar-refractivity contribution is 5.97. The van der Waals surface area contributed by atoms with E-state index >= 15 is 0 Å². The molecule has 1 saturated carbocycles. The van der Waals surface area contributed by atoms with Crippen molar-refractivity contribution in [2.24, 2.45) is 11.7 Å². The molecule has 2 heterocycles. The van der Waals surface area contributed by atoms with Crippen molar-refractivity contribution in [3.8, 4) is 23.0 Å². The van der Waals surface area contributed by atoms with Crippen LogP contribution in [0.2, 0.25) is 0 Å². The summed E-state index contributed by atoms with van der Waals surface area (Å²) >= 11 is 0. The van der Waals surface area contributed by atoms with Gasteiger partial charge >= 0.3 is 18.6 Å². The predicted molar refractivity (Wildman–Crippen MR) is 131 cm³/mol. The number of carboxylic acid groups (broad SMARTS) is 1. The first-order chi connectivity index (χ1) is 18.4. The average molecular weight is 552 g/mol. The number of amides is 1. The molecule has 2 aliphatic rings. The number of nitrogens with zero attached hydrogens (tertiary/aromatic N) is 2. The van der Waals surface area contributed by atoms with Gasteiger partial charge in [-0.3, -0.25) is 4.79 Å². The van der Waals surface area contributed by atoms with Gasteiger partial charge in [0.15, 0.2) is 23.0 Å². The zero-order valence-corrected chi connectivity index (χ0v) is 21.8. The molecule has 2 aromatic rings. The third-order valence-electron chi connectivity index (χ3n) is 6.50. The van der Waals surface area contributed by atoms with Gasteiger partial charge in [0.25, 0.3) is 5.91 Å². The first-order valence-electron chi connectivity index (χ1n) is 12.6. The minimum atomic E-state index is -3.05. The second-order valence-corrected chi connectivity index (χ2v) is 10.2. The summed E-state index contributed by atoms with van der Waals surface area (Å²) in [6.07, 6.45) is 2.76. The van der Waals surface area contributed by atoms with Crippen LogP contribution < -0.4 is 15.2 Å². The van der Waals surface area contributed by atoms with Crippen LogP contribution in [0.4, 0.5) is 8.78 Å². The summed E-state index contributed by atoms with van der Waals surface area (Å²) in [6, 6.07) is 2.42. The zero-order chi connectivity index (χ0) is 28.5. The molecule has 212 valence electrons. The van der Waals surface area contributed by atoms with Gasteiger partial charge in [-0.2, -0.15) is 8.78 Å². The van der Waals surface area contributed by atoms with E-state index in [4.69, 9.17) is 19.6 Å². The number of aliphatic carboxylic acids is 1. The largest absolute Gasteiger partial charge is 0.489 e. The number of aromatic nitrogens is 1. The molecule has 13 heteroatoms. The summed E-state index contributed by atoms with van der Waals surface area (Å²) in [5.74, 6) is -2.45. The van der Waals surface area contributed by atoms with Crippen LogP contribution in [-0.4, -0.2) is 64.2 Å². The van der Waals surface area contributed by atoms with E-state index in [1.165, 1.54) is 36.9 Å². The van der Waals surface area contributed by atoms with Crippen molar-refractivity contribution in [3.63, 3.8) is 0 Å². The van der Waals surface area contributed by atoms with Crippen LogP contribution in [-0.2, 0) is 14.3 Å².